The lowest BCUT2D eigenvalue weighted by molar-refractivity contribution is 0.872. The fraction of sp³-hybridized carbons (Fsp3) is 0.0714. The van der Waals surface area contributed by atoms with E-state index in [1.54, 1.807) is 22.2 Å². The summed E-state index contributed by atoms with van der Waals surface area (Å²) >= 11 is 10.3. The van der Waals surface area contributed by atoms with Crippen molar-refractivity contribution in [3.05, 3.63) is 55.4 Å². The number of aromatic nitrogens is 3. The van der Waals surface area contributed by atoms with E-state index in [1.165, 1.54) is 5.56 Å². The molecule has 0 unspecified atom stereocenters. The second-order valence-electron chi connectivity index (χ2n) is 4.42. The summed E-state index contributed by atoms with van der Waals surface area (Å²) in [4.78, 5) is 1.04. The third-order valence-electron chi connectivity index (χ3n) is 2.82. The zero-order valence-corrected chi connectivity index (χ0v) is 14.3. The molecule has 0 atom stereocenters. The number of aryl methyl sites for hydroxylation is 1. The fourth-order valence-corrected chi connectivity index (χ4v) is 3.35. The van der Waals surface area contributed by atoms with Gasteiger partial charge in [0.2, 0.25) is 4.77 Å². The highest BCUT2D eigenvalue weighted by Crippen LogP contribution is 2.21. The van der Waals surface area contributed by atoms with Crippen molar-refractivity contribution in [1.29, 1.82) is 0 Å². The number of benzene rings is 1. The summed E-state index contributed by atoms with van der Waals surface area (Å²) in [5, 5.41) is 11.5. The summed E-state index contributed by atoms with van der Waals surface area (Å²) in [6.45, 7) is 2.04. The maximum Gasteiger partial charge on any atom is 0.216 e. The largest absolute Gasteiger partial charge is 0.250 e. The predicted molar refractivity (Wildman–Crippen MR) is 92.6 cm³/mol. The molecule has 1 N–H and O–H groups in total. The number of halogens is 1. The van der Waals surface area contributed by atoms with Gasteiger partial charge in [-0.15, -0.1) is 11.3 Å². The number of nitrogens with zero attached hydrogens (tertiary/aromatic N) is 3. The molecule has 21 heavy (non-hydrogen) atoms. The fourth-order valence-electron chi connectivity index (χ4n) is 1.88. The summed E-state index contributed by atoms with van der Waals surface area (Å²) in [6.07, 6.45) is 1.78. The number of aromatic amines is 1. The van der Waals surface area contributed by atoms with Gasteiger partial charge in [0.1, 0.15) is 0 Å². The zero-order chi connectivity index (χ0) is 14.8. The molecule has 3 rings (SSSR count). The van der Waals surface area contributed by atoms with Crippen LogP contribution in [0.5, 0.6) is 0 Å². The van der Waals surface area contributed by atoms with E-state index in [-0.39, 0.29) is 0 Å². The monoisotopic (exact) mass is 378 g/mol. The minimum atomic E-state index is 0.471. The molecule has 1 aromatic carbocycles. The molecular formula is C14H11BrN4S2. The first-order chi connectivity index (χ1) is 10.1. The number of hydrogen-bond acceptors (Lipinski definition) is 4. The van der Waals surface area contributed by atoms with E-state index in [0.29, 0.717) is 10.6 Å². The molecule has 0 spiro atoms. The molecule has 0 aliphatic heterocycles. The summed E-state index contributed by atoms with van der Waals surface area (Å²) in [6, 6.07) is 12.1. The lowest BCUT2D eigenvalue weighted by Gasteiger charge is -2.01. The smallest absolute Gasteiger partial charge is 0.216 e. The molecule has 2 aromatic heterocycles. The predicted octanol–water partition coefficient (Wildman–Crippen LogP) is 4.62. The van der Waals surface area contributed by atoms with Gasteiger partial charge in [0, 0.05) is 10.4 Å². The SMILES string of the molecule is Cc1cccc(-c2n[nH]c(=S)n2N=Cc2ccc(Br)s2)c1. The van der Waals surface area contributed by atoms with Gasteiger partial charge in [-0.25, -0.2) is 5.10 Å². The minimum Gasteiger partial charge on any atom is -0.250 e. The molecule has 0 aliphatic carbocycles. The first-order valence-corrected chi connectivity index (χ1v) is 8.19. The first kappa shape index (κ1) is 14.4. The van der Waals surface area contributed by atoms with Crippen LogP contribution in [0.2, 0.25) is 0 Å². The van der Waals surface area contributed by atoms with Crippen LogP contribution >= 0.6 is 39.5 Å². The molecule has 0 saturated heterocycles. The van der Waals surface area contributed by atoms with Gasteiger partial charge in [0.25, 0.3) is 0 Å². The molecule has 2 heterocycles. The maximum atomic E-state index is 5.25. The Morgan fingerprint density at radius 1 is 1.38 bits per heavy atom. The highest BCUT2D eigenvalue weighted by atomic mass is 79.9. The molecule has 0 fully saturated rings. The van der Waals surface area contributed by atoms with Crippen molar-refractivity contribution in [2.45, 2.75) is 6.92 Å². The molecule has 7 heteroatoms. The van der Waals surface area contributed by atoms with Gasteiger partial charge in [-0.1, -0.05) is 23.8 Å². The Bertz CT molecular complexity index is 860. The molecule has 3 aromatic rings. The minimum absolute atomic E-state index is 0.471. The van der Waals surface area contributed by atoms with Crippen molar-refractivity contribution < 1.29 is 0 Å². The van der Waals surface area contributed by atoms with Gasteiger partial charge in [-0.2, -0.15) is 14.9 Å². The highest BCUT2D eigenvalue weighted by Gasteiger charge is 2.08. The van der Waals surface area contributed by atoms with Crippen LogP contribution < -0.4 is 0 Å². The van der Waals surface area contributed by atoms with Crippen molar-refractivity contribution in [1.82, 2.24) is 14.9 Å². The van der Waals surface area contributed by atoms with E-state index in [0.717, 1.165) is 14.2 Å². The van der Waals surface area contributed by atoms with Crippen LogP contribution in [0.15, 0.2) is 45.3 Å². The van der Waals surface area contributed by atoms with E-state index in [9.17, 15) is 0 Å². The Labute approximate surface area is 139 Å². The maximum absolute atomic E-state index is 5.25. The van der Waals surface area contributed by atoms with Crippen molar-refractivity contribution in [3.8, 4) is 11.4 Å². The van der Waals surface area contributed by atoms with Gasteiger partial charge >= 0.3 is 0 Å². The second-order valence-corrected chi connectivity index (χ2v) is 7.30. The Morgan fingerprint density at radius 2 is 2.24 bits per heavy atom. The molecular weight excluding hydrogens is 368 g/mol. The number of hydrogen-bond donors (Lipinski definition) is 1. The number of nitrogens with one attached hydrogen (secondary N) is 1. The van der Waals surface area contributed by atoms with E-state index in [4.69, 9.17) is 12.2 Å². The summed E-state index contributed by atoms with van der Waals surface area (Å²) in [7, 11) is 0. The molecule has 0 bridgehead atoms. The molecule has 106 valence electrons. The van der Waals surface area contributed by atoms with Crippen LogP contribution in [-0.4, -0.2) is 21.1 Å². The Hall–Kier alpha value is -1.57. The lowest BCUT2D eigenvalue weighted by Crippen LogP contribution is -1.94. The average molecular weight is 379 g/mol. The number of rotatable bonds is 3. The van der Waals surface area contributed by atoms with Gasteiger partial charge in [-0.05, 0) is 53.3 Å². The molecule has 0 saturated carbocycles. The Kier molecular flexibility index (Phi) is 4.14. The lowest BCUT2D eigenvalue weighted by atomic mass is 10.1. The topological polar surface area (TPSA) is 46.0 Å². The summed E-state index contributed by atoms with van der Waals surface area (Å²) in [5.41, 5.74) is 2.14. The number of thiophene rings is 1. The van der Waals surface area contributed by atoms with Crippen molar-refractivity contribution in [2.75, 3.05) is 0 Å². The molecule has 0 aliphatic rings. The highest BCUT2D eigenvalue weighted by molar-refractivity contribution is 9.11. The third kappa shape index (κ3) is 3.20. The third-order valence-corrected chi connectivity index (χ3v) is 4.64. The number of H-pyrrole nitrogens is 1. The molecule has 0 radical (unpaired) electrons. The average Bonchev–Trinajstić information content (AvgIpc) is 3.03. The van der Waals surface area contributed by atoms with Crippen LogP contribution in [0.4, 0.5) is 0 Å². The Balaban J connectivity index is 2.01. The van der Waals surface area contributed by atoms with Gasteiger partial charge in [0.05, 0.1) is 10.0 Å². The van der Waals surface area contributed by atoms with Crippen LogP contribution in [0.25, 0.3) is 11.4 Å². The van der Waals surface area contributed by atoms with E-state index >= 15 is 0 Å². The molecule has 0 amide bonds. The van der Waals surface area contributed by atoms with Crippen LogP contribution in [-0.2, 0) is 0 Å². The van der Waals surface area contributed by atoms with Gasteiger partial charge in [0.15, 0.2) is 5.82 Å². The van der Waals surface area contributed by atoms with Crippen molar-refractivity contribution >= 4 is 45.7 Å². The quantitative estimate of drug-likeness (QED) is 0.533. The van der Waals surface area contributed by atoms with Gasteiger partial charge < -0.3 is 0 Å². The van der Waals surface area contributed by atoms with Crippen LogP contribution in [0.3, 0.4) is 0 Å². The van der Waals surface area contributed by atoms with Gasteiger partial charge in [-0.3, -0.25) is 0 Å². The van der Waals surface area contributed by atoms with Crippen LogP contribution in [0.1, 0.15) is 10.4 Å². The second kappa shape index (κ2) is 6.05. The van der Waals surface area contributed by atoms with E-state index in [2.05, 4.69) is 37.3 Å². The zero-order valence-electron chi connectivity index (χ0n) is 11.1. The van der Waals surface area contributed by atoms with E-state index < -0.39 is 0 Å². The standard InChI is InChI=1S/C14H11BrN4S2/c1-9-3-2-4-10(7-9)13-17-18-14(20)19(13)16-8-11-5-6-12(15)21-11/h2-8H,1H3,(H,18,20). The Morgan fingerprint density at radius 3 is 2.95 bits per heavy atom. The van der Waals surface area contributed by atoms with E-state index in [1.807, 2.05) is 37.3 Å². The molecule has 4 nitrogen and oxygen atoms in total. The van der Waals surface area contributed by atoms with Crippen molar-refractivity contribution in [3.63, 3.8) is 0 Å². The van der Waals surface area contributed by atoms with Crippen LogP contribution in [0, 0.1) is 11.7 Å². The van der Waals surface area contributed by atoms with Crippen molar-refractivity contribution in [2.24, 2.45) is 5.10 Å². The first-order valence-electron chi connectivity index (χ1n) is 6.17. The summed E-state index contributed by atoms with van der Waals surface area (Å²) in [5.74, 6) is 0.704. The summed E-state index contributed by atoms with van der Waals surface area (Å²) < 4.78 is 3.18. The normalized spacial score (nSPS) is 11.3.